The summed E-state index contributed by atoms with van der Waals surface area (Å²) >= 11 is 0. The lowest BCUT2D eigenvalue weighted by atomic mass is 9.64. The molecule has 0 saturated heterocycles. The van der Waals surface area contributed by atoms with Crippen molar-refractivity contribution < 1.29 is 9.90 Å². The van der Waals surface area contributed by atoms with Gasteiger partial charge in [0, 0.05) is 17.8 Å². The Bertz CT molecular complexity index is 588. The summed E-state index contributed by atoms with van der Waals surface area (Å²) in [6, 6.07) is 7.83. The van der Waals surface area contributed by atoms with Gasteiger partial charge in [-0.05, 0) is 35.9 Å². The summed E-state index contributed by atoms with van der Waals surface area (Å²) in [7, 11) is 0. The normalized spacial score (nSPS) is 17.6. The van der Waals surface area contributed by atoms with Crippen molar-refractivity contribution in [3.05, 3.63) is 42.2 Å². The van der Waals surface area contributed by atoms with Crippen LogP contribution in [0.25, 0.3) is 10.8 Å². The van der Waals surface area contributed by atoms with Crippen LogP contribution in [0, 0.1) is 0 Å². The fraction of sp³-hybridized carbons (Fsp3) is 0.286. The third-order valence-electron chi connectivity index (χ3n) is 3.81. The zero-order valence-electron chi connectivity index (χ0n) is 9.39. The molecule has 0 spiro atoms. The molecule has 0 bridgehead atoms. The summed E-state index contributed by atoms with van der Waals surface area (Å²) in [6.45, 7) is 0. The van der Waals surface area contributed by atoms with E-state index in [0.29, 0.717) is 0 Å². The number of hydrogen-bond donors (Lipinski definition) is 1. The minimum atomic E-state index is -0.702. The molecule has 1 aromatic heterocycles. The number of carbonyl (C=O) groups is 1. The van der Waals surface area contributed by atoms with Crippen LogP contribution in [0.5, 0.6) is 0 Å². The van der Waals surface area contributed by atoms with E-state index in [-0.39, 0.29) is 0 Å². The van der Waals surface area contributed by atoms with Gasteiger partial charge in [-0.25, -0.2) is 0 Å². The number of aliphatic carboxylic acids is 1. The number of benzene rings is 1. The summed E-state index contributed by atoms with van der Waals surface area (Å²) < 4.78 is 0. The smallest absolute Gasteiger partial charge is 0.314 e. The van der Waals surface area contributed by atoms with Crippen LogP contribution in [0.15, 0.2) is 36.7 Å². The number of fused-ring (bicyclic) bond motifs is 1. The molecule has 1 N–H and O–H groups in total. The van der Waals surface area contributed by atoms with Gasteiger partial charge in [-0.15, -0.1) is 0 Å². The number of nitrogens with zero attached hydrogens (tertiary/aromatic N) is 1. The number of rotatable bonds is 2. The highest BCUT2D eigenvalue weighted by Gasteiger charge is 2.45. The molecule has 0 aliphatic heterocycles. The van der Waals surface area contributed by atoms with Crippen LogP contribution in [0.3, 0.4) is 0 Å². The summed E-state index contributed by atoms with van der Waals surface area (Å²) in [5, 5.41) is 11.5. The topological polar surface area (TPSA) is 50.2 Å². The Morgan fingerprint density at radius 2 is 2.06 bits per heavy atom. The average molecular weight is 227 g/mol. The van der Waals surface area contributed by atoms with Crippen LogP contribution in [0.1, 0.15) is 24.8 Å². The second-order valence-corrected chi connectivity index (χ2v) is 4.68. The molecule has 1 heterocycles. The molecule has 1 aliphatic rings. The minimum Gasteiger partial charge on any atom is -0.481 e. The van der Waals surface area contributed by atoms with E-state index in [9.17, 15) is 9.90 Å². The molecule has 0 atom stereocenters. The van der Waals surface area contributed by atoms with Gasteiger partial charge in [-0.2, -0.15) is 0 Å². The van der Waals surface area contributed by atoms with Crippen molar-refractivity contribution in [3.63, 3.8) is 0 Å². The summed E-state index contributed by atoms with van der Waals surface area (Å²) in [5.41, 5.74) is 0.265. The van der Waals surface area contributed by atoms with Crippen LogP contribution in [0.2, 0.25) is 0 Å². The zero-order valence-corrected chi connectivity index (χ0v) is 9.39. The maximum absolute atomic E-state index is 11.4. The molecule has 1 aromatic carbocycles. The molecule has 1 aliphatic carbocycles. The number of pyridine rings is 1. The van der Waals surface area contributed by atoms with E-state index < -0.39 is 11.4 Å². The molecular weight excluding hydrogens is 214 g/mol. The van der Waals surface area contributed by atoms with Gasteiger partial charge in [0.1, 0.15) is 0 Å². The van der Waals surface area contributed by atoms with E-state index in [1.165, 1.54) is 0 Å². The van der Waals surface area contributed by atoms with E-state index in [0.717, 1.165) is 35.6 Å². The second kappa shape index (κ2) is 3.55. The van der Waals surface area contributed by atoms with E-state index in [1.807, 2.05) is 24.3 Å². The Kier molecular flexibility index (Phi) is 2.15. The lowest BCUT2D eigenvalue weighted by molar-refractivity contribution is -0.147. The highest BCUT2D eigenvalue weighted by Crippen LogP contribution is 2.44. The third-order valence-corrected chi connectivity index (χ3v) is 3.81. The van der Waals surface area contributed by atoms with Gasteiger partial charge < -0.3 is 5.11 Å². The SMILES string of the molecule is O=C(O)C1(c2ccc3ccncc3c2)CCC1. The van der Waals surface area contributed by atoms with Gasteiger partial charge in [0.2, 0.25) is 0 Å². The molecule has 0 amide bonds. The molecule has 2 aromatic rings. The molecule has 86 valence electrons. The van der Waals surface area contributed by atoms with Gasteiger partial charge in [0.05, 0.1) is 5.41 Å². The highest BCUT2D eigenvalue weighted by molar-refractivity contribution is 5.87. The Balaban J connectivity index is 2.14. The molecule has 3 rings (SSSR count). The maximum Gasteiger partial charge on any atom is 0.314 e. The molecular formula is C14H13NO2. The first-order chi connectivity index (χ1) is 8.22. The number of carboxylic acids is 1. The molecule has 0 radical (unpaired) electrons. The predicted octanol–water partition coefficient (Wildman–Crippen LogP) is 2.74. The third kappa shape index (κ3) is 1.42. The van der Waals surface area contributed by atoms with Crippen LogP contribution in [0.4, 0.5) is 0 Å². The Morgan fingerprint density at radius 1 is 1.24 bits per heavy atom. The average Bonchev–Trinajstić information content (AvgIpc) is 2.27. The number of aromatic nitrogens is 1. The Morgan fingerprint density at radius 3 is 2.71 bits per heavy atom. The highest BCUT2D eigenvalue weighted by atomic mass is 16.4. The minimum absolute atomic E-state index is 0.649. The second-order valence-electron chi connectivity index (χ2n) is 4.68. The molecule has 17 heavy (non-hydrogen) atoms. The van der Waals surface area contributed by atoms with E-state index in [1.54, 1.807) is 12.4 Å². The lowest BCUT2D eigenvalue weighted by Gasteiger charge is -2.38. The van der Waals surface area contributed by atoms with Crippen molar-refractivity contribution in [3.8, 4) is 0 Å². The first kappa shape index (κ1) is 10.3. The van der Waals surface area contributed by atoms with Crippen LogP contribution < -0.4 is 0 Å². The first-order valence-corrected chi connectivity index (χ1v) is 5.80. The fourth-order valence-corrected chi connectivity index (χ4v) is 2.54. The van der Waals surface area contributed by atoms with Crippen molar-refractivity contribution in [1.82, 2.24) is 4.98 Å². The van der Waals surface area contributed by atoms with E-state index >= 15 is 0 Å². The van der Waals surface area contributed by atoms with Crippen molar-refractivity contribution in [1.29, 1.82) is 0 Å². The van der Waals surface area contributed by atoms with Crippen LogP contribution >= 0.6 is 0 Å². The molecule has 3 nitrogen and oxygen atoms in total. The lowest BCUT2D eigenvalue weighted by Crippen LogP contribution is -2.42. The number of hydrogen-bond acceptors (Lipinski definition) is 2. The Labute approximate surface area is 99.1 Å². The summed E-state index contributed by atoms with van der Waals surface area (Å²) in [4.78, 5) is 15.5. The fourth-order valence-electron chi connectivity index (χ4n) is 2.54. The quantitative estimate of drug-likeness (QED) is 0.858. The van der Waals surface area contributed by atoms with Crippen LogP contribution in [-0.4, -0.2) is 16.1 Å². The van der Waals surface area contributed by atoms with Crippen molar-refractivity contribution in [2.75, 3.05) is 0 Å². The van der Waals surface area contributed by atoms with Gasteiger partial charge in [-0.1, -0.05) is 18.6 Å². The summed E-state index contributed by atoms with van der Waals surface area (Å²) in [6.07, 6.45) is 6.02. The standard InChI is InChI=1S/C14H13NO2/c16-13(17)14(5-1-6-14)12-3-2-10-4-7-15-9-11(10)8-12/h2-4,7-9H,1,5-6H2,(H,16,17). The van der Waals surface area contributed by atoms with Crippen LogP contribution in [-0.2, 0) is 10.2 Å². The predicted molar refractivity (Wildman–Crippen MR) is 64.9 cm³/mol. The van der Waals surface area contributed by atoms with Gasteiger partial charge >= 0.3 is 5.97 Å². The van der Waals surface area contributed by atoms with Gasteiger partial charge in [0.25, 0.3) is 0 Å². The zero-order chi connectivity index (χ0) is 11.9. The summed E-state index contributed by atoms with van der Waals surface area (Å²) in [5.74, 6) is -0.702. The van der Waals surface area contributed by atoms with Crippen molar-refractivity contribution >= 4 is 16.7 Å². The monoisotopic (exact) mass is 227 g/mol. The molecule has 1 saturated carbocycles. The number of carboxylic acid groups (broad SMARTS) is 1. The van der Waals surface area contributed by atoms with E-state index in [2.05, 4.69) is 4.98 Å². The first-order valence-electron chi connectivity index (χ1n) is 5.80. The van der Waals surface area contributed by atoms with E-state index in [4.69, 9.17) is 0 Å². The largest absolute Gasteiger partial charge is 0.481 e. The molecule has 3 heteroatoms. The van der Waals surface area contributed by atoms with Crippen molar-refractivity contribution in [2.45, 2.75) is 24.7 Å². The van der Waals surface area contributed by atoms with Gasteiger partial charge in [0.15, 0.2) is 0 Å². The van der Waals surface area contributed by atoms with Gasteiger partial charge in [-0.3, -0.25) is 9.78 Å². The van der Waals surface area contributed by atoms with Crippen molar-refractivity contribution in [2.24, 2.45) is 0 Å². The molecule has 1 fully saturated rings. The Hall–Kier alpha value is -1.90. The molecule has 0 unspecified atom stereocenters. The maximum atomic E-state index is 11.4.